The molecule has 5 nitrogen and oxygen atoms in total. The molecule has 1 aliphatic heterocycles. The molecular weight excluding hydrogens is 282 g/mol. The van der Waals surface area contributed by atoms with E-state index in [0.717, 1.165) is 16.0 Å². The average Bonchev–Trinajstić information content (AvgIpc) is 2.69. The molecule has 5 heteroatoms. The highest BCUT2D eigenvalue weighted by Crippen LogP contribution is 2.30. The van der Waals surface area contributed by atoms with E-state index in [0.29, 0.717) is 5.69 Å². The lowest BCUT2D eigenvalue weighted by molar-refractivity contribution is 0.0696. The van der Waals surface area contributed by atoms with E-state index in [-0.39, 0.29) is 16.7 Å². The van der Waals surface area contributed by atoms with E-state index in [1.807, 2.05) is 19.9 Å². The lowest BCUT2D eigenvalue weighted by Gasteiger charge is -2.15. The lowest BCUT2D eigenvalue weighted by atomic mass is 10.1. The van der Waals surface area contributed by atoms with E-state index in [1.165, 1.54) is 18.2 Å². The highest BCUT2D eigenvalue weighted by atomic mass is 16.4. The zero-order valence-corrected chi connectivity index (χ0v) is 12.1. The van der Waals surface area contributed by atoms with E-state index in [4.69, 9.17) is 5.11 Å². The highest BCUT2D eigenvalue weighted by molar-refractivity contribution is 6.34. The van der Waals surface area contributed by atoms with Gasteiger partial charge in [0.1, 0.15) is 0 Å². The minimum atomic E-state index is -1.13. The van der Waals surface area contributed by atoms with Crippen LogP contribution in [0.3, 0.4) is 0 Å². The van der Waals surface area contributed by atoms with Gasteiger partial charge in [-0.1, -0.05) is 6.07 Å². The number of amides is 2. The molecule has 3 rings (SSSR count). The van der Waals surface area contributed by atoms with Crippen LogP contribution in [0.15, 0.2) is 36.4 Å². The number of imide groups is 1. The molecule has 22 heavy (non-hydrogen) atoms. The summed E-state index contributed by atoms with van der Waals surface area (Å²) in [4.78, 5) is 37.1. The molecule has 0 fully saturated rings. The molecule has 0 saturated carbocycles. The van der Waals surface area contributed by atoms with Crippen molar-refractivity contribution in [3.8, 4) is 0 Å². The van der Waals surface area contributed by atoms with Crippen LogP contribution >= 0.6 is 0 Å². The Morgan fingerprint density at radius 2 is 1.50 bits per heavy atom. The van der Waals surface area contributed by atoms with Gasteiger partial charge in [0.05, 0.1) is 22.4 Å². The summed E-state index contributed by atoms with van der Waals surface area (Å²) in [5.74, 6) is -2.05. The van der Waals surface area contributed by atoms with Gasteiger partial charge in [0.25, 0.3) is 11.8 Å². The van der Waals surface area contributed by atoms with Crippen molar-refractivity contribution in [2.45, 2.75) is 13.8 Å². The molecule has 0 radical (unpaired) electrons. The summed E-state index contributed by atoms with van der Waals surface area (Å²) in [6, 6.07) is 9.43. The number of hydrogen-bond acceptors (Lipinski definition) is 3. The number of aryl methyl sites for hydroxylation is 2. The normalized spacial score (nSPS) is 13.5. The number of aromatic carboxylic acids is 1. The zero-order valence-electron chi connectivity index (χ0n) is 12.1. The van der Waals surface area contributed by atoms with Crippen molar-refractivity contribution in [1.82, 2.24) is 0 Å². The Bertz CT molecular complexity index is 818. The SMILES string of the molecule is Cc1cc(C)cc(N2C(=O)c3ccc(C(=O)O)cc3C2=O)c1. The summed E-state index contributed by atoms with van der Waals surface area (Å²) >= 11 is 0. The number of nitrogens with zero attached hydrogens (tertiary/aromatic N) is 1. The van der Waals surface area contributed by atoms with Gasteiger partial charge >= 0.3 is 5.97 Å². The van der Waals surface area contributed by atoms with Gasteiger partial charge in [0.2, 0.25) is 0 Å². The number of carbonyl (C=O) groups is 3. The van der Waals surface area contributed by atoms with E-state index >= 15 is 0 Å². The molecule has 1 N–H and O–H groups in total. The van der Waals surface area contributed by atoms with Crippen molar-refractivity contribution < 1.29 is 19.5 Å². The molecule has 0 aliphatic carbocycles. The molecule has 2 amide bonds. The number of benzene rings is 2. The first-order valence-electron chi connectivity index (χ1n) is 6.73. The second-order valence-electron chi connectivity index (χ2n) is 5.36. The van der Waals surface area contributed by atoms with Gasteiger partial charge < -0.3 is 5.11 Å². The van der Waals surface area contributed by atoms with Crippen LogP contribution in [0, 0.1) is 13.8 Å². The quantitative estimate of drug-likeness (QED) is 0.864. The van der Waals surface area contributed by atoms with Crippen molar-refractivity contribution >= 4 is 23.5 Å². The van der Waals surface area contributed by atoms with Gasteiger partial charge in [-0.2, -0.15) is 0 Å². The van der Waals surface area contributed by atoms with Crippen LogP contribution in [-0.2, 0) is 0 Å². The molecule has 0 unspecified atom stereocenters. The zero-order chi connectivity index (χ0) is 16.0. The summed E-state index contributed by atoms with van der Waals surface area (Å²) in [6.07, 6.45) is 0. The van der Waals surface area contributed by atoms with Crippen LogP contribution in [0.2, 0.25) is 0 Å². The Kier molecular flexibility index (Phi) is 3.06. The molecule has 0 bridgehead atoms. The Morgan fingerprint density at radius 1 is 0.909 bits per heavy atom. The number of anilines is 1. The Hall–Kier alpha value is -2.95. The summed E-state index contributed by atoms with van der Waals surface area (Å²) in [5, 5.41) is 9.01. The van der Waals surface area contributed by atoms with Crippen LogP contribution in [0.4, 0.5) is 5.69 Å². The van der Waals surface area contributed by atoms with Gasteiger partial charge in [0, 0.05) is 0 Å². The van der Waals surface area contributed by atoms with E-state index in [9.17, 15) is 14.4 Å². The molecule has 1 aliphatic rings. The van der Waals surface area contributed by atoms with Gasteiger partial charge in [-0.25, -0.2) is 9.69 Å². The van der Waals surface area contributed by atoms with Crippen molar-refractivity contribution in [2.24, 2.45) is 0 Å². The van der Waals surface area contributed by atoms with Crippen molar-refractivity contribution in [3.63, 3.8) is 0 Å². The third kappa shape index (κ3) is 2.07. The van der Waals surface area contributed by atoms with Crippen molar-refractivity contribution in [3.05, 3.63) is 64.2 Å². The third-order valence-corrected chi connectivity index (χ3v) is 3.60. The van der Waals surface area contributed by atoms with E-state index in [1.54, 1.807) is 12.1 Å². The third-order valence-electron chi connectivity index (χ3n) is 3.60. The lowest BCUT2D eigenvalue weighted by Crippen LogP contribution is -2.29. The first-order valence-corrected chi connectivity index (χ1v) is 6.73. The second kappa shape index (κ2) is 4.80. The molecule has 0 atom stereocenters. The van der Waals surface area contributed by atoms with Crippen LogP contribution in [-0.4, -0.2) is 22.9 Å². The predicted octanol–water partition coefficient (Wildman–Crippen LogP) is 2.80. The summed E-state index contributed by atoms with van der Waals surface area (Å²) in [5.41, 5.74) is 2.73. The summed E-state index contributed by atoms with van der Waals surface area (Å²) in [6.45, 7) is 3.77. The van der Waals surface area contributed by atoms with Crippen LogP contribution in [0.1, 0.15) is 42.2 Å². The van der Waals surface area contributed by atoms with Crippen LogP contribution in [0.25, 0.3) is 0 Å². The van der Waals surface area contributed by atoms with Gasteiger partial charge in [-0.05, 0) is 55.3 Å². The second-order valence-corrected chi connectivity index (χ2v) is 5.36. The number of rotatable bonds is 2. The average molecular weight is 295 g/mol. The summed E-state index contributed by atoms with van der Waals surface area (Å²) in [7, 11) is 0. The van der Waals surface area contributed by atoms with E-state index in [2.05, 4.69) is 0 Å². The minimum absolute atomic E-state index is 0.0119. The molecule has 110 valence electrons. The first-order chi connectivity index (χ1) is 10.4. The molecular formula is C17H13NO4. The van der Waals surface area contributed by atoms with Gasteiger partial charge in [0.15, 0.2) is 0 Å². The Labute approximate surface area is 126 Å². The van der Waals surface area contributed by atoms with Crippen LogP contribution in [0.5, 0.6) is 0 Å². The molecule has 1 heterocycles. The fourth-order valence-corrected chi connectivity index (χ4v) is 2.69. The van der Waals surface area contributed by atoms with Crippen molar-refractivity contribution in [1.29, 1.82) is 0 Å². The molecule has 2 aromatic carbocycles. The molecule has 0 saturated heterocycles. The predicted molar refractivity (Wildman–Crippen MR) is 80.5 cm³/mol. The number of hydrogen-bond donors (Lipinski definition) is 1. The Balaban J connectivity index is 2.12. The summed E-state index contributed by atoms with van der Waals surface area (Å²) < 4.78 is 0. The first kappa shape index (κ1) is 14.0. The number of fused-ring (bicyclic) bond motifs is 1. The maximum Gasteiger partial charge on any atom is 0.335 e. The smallest absolute Gasteiger partial charge is 0.335 e. The fourth-order valence-electron chi connectivity index (χ4n) is 2.69. The van der Waals surface area contributed by atoms with Gasteiger partial charge in [-0.3, -0.25) is 9.59 Å². The number of carbonyl (C=O) groups excluding carboxylic acids is 2. The maximum absolute atomic E-state index is 12.5. The monoisotopic (exact) mass is 295 g/mol. The van der Waals surface area contributed by atoms with Crippen LogP contribution < -0.4 is 4.90 Å². The minimum Gasteiger partial charge on any atom is -0.478 e. The fraction of sp³-hybridized carbons (Fsp3) is 0.118. The van der Waals surface area contributed by atoms with E-state index < -0.39 is 17.8 Å². The Morgan fingerprint density at radius 3 is 2.09 bits per heavy atom. The maximum atomic E-state index is 12.5. The molecule has 0 spiro atoms. The highest BCUT2D eigenvalue weighted by Gasteiger charge is 2.37. The number of carboxylic acid groups (broad SMARTS) is 1. The molecule has 2 aromatic rings. The topological polar surface area (TPSA) is 74.7 Å². The standard InChI is InChI=1S/C17H13NO4/c1-9-5-10(2)7-12(6-9)18-15(19)13-4-3-11(17(21)22)8-14(13)16(18)20/h3-8H,1-2H3,(H,21,22). The van der Waals surface area contributed by atoms with Gasteiger partial charge in [-0.15, -0.1) is 0 Å². The largest absolute Gasteiger partial charge is 0.478 e. The molecule has 0 aromatic heterocycles. The van der Waals surface area contributed by atoms with Crippen molar-refractivity contribution in [2.75, 3.05) is 4.90 Å². The number of carboxylic acids is 1.